The van der Waals surface area contributed by atoms with Crippen molar-refractivity contribution in [2.24, 2.45) is 12.2 Å². The molecule has 0 amide bonds. The third-order valence-corrected chi connectivity index (χ3v) is 1.53. The summed E-state index contributed by atoms with van der Waals surface area (Å²) in [6.45, 7) is 2.01. The molecule has 0 bridgehead atoms. The molecule has 0 spiro atoms. The summed E-state index contributed by atoms with van der Waals surface area (Å²) in [4.78, 5) is 11.3. The molecule has 0 saturated carbocycles. The van der Waals surface area contributed by atoms with E-state index in [4.69, 9.17) is 9.94 Å². The van der Waals surface area contributed by atoms with Crippen molar-refractivity contribution in [1.82, 2.24) is 9.78 Å². The van der Waals surface area contributed by atoms with E-state index in [0.717, 1.165) is 6.21 Å². The van der Waals surface area contributed by atoms with Gasteiger partial charge in [0, 0.05) is 13.2 Å². The smallest absolute Gasteiger partial charge is 0.342 e. The molecule has 6 nitrogen and oxygen atoms in total. The Morgan fingerprint density at radius 2 is 2.57 bits per heavy atom. The second kappa shape index (κ2) is 4.40. The van der Waals surface area contributed by atoms with Crippen molar-refractivity contribution in [2.45, 2.75) is 6.92 Å². The molecule has 14 heavy (non-hydrogen) atoms. The Hall–Kier alpha value is -1.85. The predicted octanol–water partition coefficient (Wildman–Crippen LogP) is 0.405. The van der Waals surface area contributed by atoms with Crippen LogP contribution < -0.4 is 0 Å². The number of oxime groups is 1. The maximum absolute atomic E-state index is 11.3. The quantitative estimate of drug-likeness (QED) is 0.329. The number of carbonyl (C=O) groups is 1. The molecule has 0 aliphatic carbocycles. The molecule has 1 N–H and O–H groups in total. The Labute approximate surface area is 80.8 Å². The van der Waals surface area contributed by atoms with Crippen LogP contribution in [0.25, 0.3) is 0 Å². The first kappa shape index (κ1) is 10.2. The van der Waals surface area contributed by atoms with Crippen LogP contribution in [0.3, 0.4) is 0 Å². The van der Waals surface area contributed by atoms with Gasteiger partial charge in [0.1, 0.15) is 11.3 Å². The van der Waals surface area contributed by atoms with Crippen LogP contribution in [-0.2, 0) is 11.8 Å². The number of hydrogen-bond acceptors (Lipinski definition) is 5. The Balaban J connectivity index is 3.00. The van der Waals surface area contributed by atoms with Crippen molar-refractivity contribution in [3.63, 3.8) is 0 Å². The number of aromatic nitrogens is 2. The molecule has 0 fully saturated rings. The van der Waals surface area contributed by atoms with Crippen molar-refractivity contribution in [1.29, 1.82) is 0 Å². The van der Waals surface area contributed by atoms with Crippen molar-refractivity contribution in [2.75, 3.05) is 6.61 Å². The van der Waals surface area contributed by atoms with E-state index in [9.17, 15) is 4.79 Å². The summed E-state index contributed by atoms with van der Waals surface area (Å²) in [5.74, 6) is -0.476. The molecule has 1 heterocycles. The molecule has 6 heteroatoms. The highest BCUT2D eigenvalue weighted by atomic mass is 16.5. The van der Waals surface area contributed by atoms with Crippen LogP contribution in [-0.4, -0.2) is 33.8 Å². The van der Waals surface area contributed by atoms with Crippen LogP contribution in [0.5, 0.6) is 0 Å². The standard InChI is InChI=1S/C8H11N3O3/c1-3-14-8(12)6-5-11(2)10-7(6)4-9-13/h4-5,13H,3H2,1-2H3/b9-4-. The van der Waals surface area contributed by atoms with Crippen LogP contribution in [0.1, 0.15) is 23.0 Å². The topological polar surface area (TPSA) is 76.7 Å². The van der Waals surface area contributed by atoms with Gasteiger partial charge in [-0.2, -0.15) is 5.10 Å². The summed E-state index contributed by atoms with van der Waals surface area (Å²) in [7, 11) is 1.66. The number of nitrogens with zero attached hydrogens (tertiary/aromatic N) is 3. The lowest BCUT2D eigenvalue weighted by molar-refractivity contribution is 0.0526. The van der Waals surface area contributed by atoms with Crippen LogP contribution >= 0.6 is 0 Å². The van der Waals surface area contributed by atoms with Crippen molar-refractivity contribution < 1.29 is 14.7 Å². The van der Waals surface area contributed by atoms with E-state index in [-0.39, 0.29) is 11.3 Å². The molecule has 76 valence electrons. The number of aryl methyl sites for hydroxylation is 1. The maximum Gasteiger partial charge on any atom is 0.342 e. The zero-order valence-electron chi connectivity index (χ0n) is 7.97. The van der Waals surface area contributed by atoms with E-state index in [1.807, 2.05) is 0 Å². The second-order valence-electron chi connectivity index (χ2n) is 2.57. The van der Waals surface area contributed by atoms with Crippen LogP contribution in [0.2, 0.25) is 0 Å². The Morgan fingerprint density at radius 1 is 1.86 bits per heavy atom. The molecule has 0 saturated heterocycles. The summed E-state index contributed by atoms with van der Waals surface area (Å²) in [6, 6.07) is 0. The van der Waals surface area contributed by atoms with Gasteiger partial charge in [-0.05, 0) is 6.92 Å². The minimum atomic E-state index is -0.476. The molecule has 1 aromatic rings. The summed E-state index contributed by atoms with van der Waals surface area (Å²) in [5, 5.41) is 15.1. The lowest BCUT2D eigenvalue weighted by Gasteiger charge is -1.97. The highest BCUT2D eigenvalue weighted by Gasteiger charge is 2.14. The first-order valence-corrected chi connectivity index (χ1v) is 4.07. The van der Waals surface area contributed by atoms with E-state index < -0.39 is 5.97 Å². The minimum Gasteiger partial charge on any atom is -0.462 e. The monoisotopic (exact) mass is 197 g/mol. The van der Waals surface area contributed by atoms with E-state index in [1.165, 1.54) is 10.9 Å². The largest absolute Gasteiger partial charge is 0.462 e. The molecule has 0 aliphatic heterocycles. The fourth-order valence-corrected chi connectivity index (χ4v) is 1.02. The number of hydrogen-bond donors (Lipinski definition) is 1. The van der Waals surface area contributed by atoms with Crippen molar-refractivity contribution >= 4 is 12.2 Å². The summed E-state index contributed by atoms with van der Waals surface area (Å²) < 4.78 is 6.24. The molecule has 0 aliphatic rings. The SMILES string of the molecule is CCOC(=O)c1cn(C)nc1/C=N\O. The predicted molar refractivity (Wildman–Crippen MR) is 48.5 cm³/mol. The summed E-state index contributed by atoms with van der Waals surface area (Å²) in [5.41, 5.74) is 0.570. The number of ether oxygens (including phenoxy) is 1. The fourth-order valence-electron chi connectivity index (χ4n) is 1.02. The summed E-state index contributed by atoms with van der Waals surface area (Å²) >= 11 is 0. The first-order valence-electron chi connectivity index (χ1n) is 4.07. The molecular formula is C8H11N3O3. The van der Waals surface area contributed by atoms with Gasteiger partial charge in [0.2, 0.25) is 0 Å². The highest BCUT2D eigenvalue weighted by molar-refractivity contribution is 5.97. The third-order valence-electron chi connectivity index (χ3n) is 1.53. The summed E-state index contributed by atoms with van der Waals surface area (Å²) in [6.07, 6.45) is 2.60. The molecule has 0 radical (unpaired) electrons. The van der Waals surface area contributed by atoms with Gasteiger partial charge in [-0.15, -0.1) is 0 Å². The second-order valence-corrected chi connectivity index (χ2v) is 2.57. The average molecular weight is 197 g/mol. The lowest BCUT2D eigenvalue weighted by Crippen LogP contribution is -2.06. The van der Waals surface area contributed by atoms with E-state index in [1.54, 1.807) is 14.0 Å². The molecular weight excluding hydrogens is 186 g/mol. The van der Waals surface area contributed by atoms with Gasteiger partial charge in [0.15, 0.2) is 0 Å². The van der Waals surface area contributed by atoms with Gasteiger partial charge in [-0.25, -0.2) is 4.79 Å². The fraction of sp³-hybridized carbons (Fsp3) is 0.375. The Bertz CT molecular complexity index is 357. The van der Waals surface area contributed by atoms with Gasteiger partial charge < -0.3 is 9.94 Å². The molecule has 1 rings (SSSR count). The van der Waals surface area contributed by atoms with Gasteiger partial charge in [-0.1, -0.05) is 5.16 Å². The van der Waals surface area contributed by atoms with E-state index in [2.05, 4.69) is 10.3 Å². The van der Waals surface area contributed by atoms with E-state index >= 15 is 0 Å². The number of carbonyl (C=O) groups excluding carboxylic acids is 1. The van der Waals surface area contributed by atoms with Gasteiger partial charge in [0.05, 0.1) is 12.8 Å². The number of esters is 1. The highest BCUT2D eigenvalue weighted by Crippen LogP contribution is 2.05. The maximum atomic E-state index is 11.3. The first-order chi connectivity index (χ1) is 6.69. The zero-order chi connectivity index (χ0) is 10.6. The average Bonchev–Trinajstić information content (AvgIpc) is 2.48. The van der Waals surface area contributed by atoms with Gasteiger partial charge in [0.25, 0.3) is 0 Å². The molecule has 0 atom stereocenters. The van der Waals surface area contributed by atoms with Crippen molar-refractivity contribution in [3.8, 4) is 0 Å². The van der Waals surface area contributed by atoms with Gasteiger partial charge in [-0.3, -0.25) is 4.68 Å². The number of rotatable bonds is 3. The van der Waals surface area contributed by atoms with Crippen LogP contribution in [0, 0.1) is 0 Å². The Kier molecular flexibility index (Phi) is 3.22. The van der Waals surface area contributed by atoms with E-state index in [0.29, 0.717) is 6.61 Å². The van der Waals surface area contributed by atoms with Crippen LogP contribution in [0.4, 0.5) is 0 Å². The molecule has 0 unspecified atom stereocenters. The van der Waals surface area contributed by atoms with Crippen LogP contribution in [0.15, 0.2) is 11.4 Å². The normalized spacial score (nSPS) is 10.7. The lowest BCUT2D eigenvalue weighted by atomic mass is 10.2. The minimum absolute atomic E-state index is 0.284. The molecule has 1 aromatic heterocycles. The van der Waals surface area contributed by atoms with Gasteiger partial charge >= 0.3 is 5.97 Å². The zero-order valence-corrected chi connectivity index (χ0v) is 7.97. The Morgan fingerprint density at radius 3 is 3.14 bits per heavy atom. The third kappa shape index (κ3) is 2.09. The molecule has 0 aromatic carbocycles. The van der Waals surface area contributed by atoms with Crippen molar-refractivity contribution in [3.05, 3.63) is 17.5 Å².